The molecule has 1 aliphatic heterocycles. The number of benzene rings is 1. The van der Waals surface area contributed by atoms with E-state index in [1.54, 1.807) is 24.3 Å². The van der Waals surface area contributed by atoms with Gasteiger partial charge >= 0.3 is 12.1 Å². The Labute approximate surface area is 154 Å². The van der Waals surface area contributed by atoms with E-state index in [9.17, 15) is 18.0 Å². The van der Waals surface area contributed by atoms with Crippen LogP contribution in [0.15, 0.2) is 28.8 Å². The summed E-state index contributed by atoms with van der Waals surface area (Å²) in [6, 6.07) is 6.44. The molecule has 2 heterocycles. The maximum Gasteiger partial charge on any atom is 0.471 e. The minimum atomic E-state index is -4.68. The van der Waals surface area contributed by atoms with Crippen LogP contribution in [-0.4, -0.2) is 28.8 Å². The van der Waals surface area contributed by atoms with Crippen LogP contribution in [0.2, 0.25) is 0 Å². The molecule has 2 unspecified atom stereocenters. The second-order valence-electron chi connectivity index (χ2n) is 6.77. The third-order valence-electron chi connectivity index (χ3n) is 4.38. The summed E-state index contributed by atoms with van der Waals surface area (Å²) in [5, 5.41) is 6.37. The van der Waals surface area contributed by atoms with Gasteiger partial charge in [-0.1, -0.05) is 43.3 Å². The fourth-order valence-corrected chi connectivity index (χ4v) is 2.96. The summed E-state index contributed by atoms with van der Waals surface area (Å²) in [7, 11) is 0. The third kappa shape index (κ3) is 4.47. The fraction of sp³-hybridized carbons (Fsp3) is 0.500. The lowest BCUT2D eigenvalue weighted by molar-refractivity contribution is -0.159. The minimum absolute atomic E-state index is 0.114. The van der Waals surface area contributed by atoms with Gasteiger partial charge in [0.15, 0.2) is 0 Å². The van der Waals surface area contributed by atoms with Crippen LogP contribution >= 0.6 is 0 Å². The zero-order chi connectivity index (χ0) is 19.6. The molecule has 6 nitrogen and oxygen atoms in total. The number of nitrogens with one attached hydrogen (secondary N) is 1. The van der Waals surface area contributed by atoms with Gasteiger partial charge in [0.25, 0.3) is 0 Å². The Morgan fingerprint density at radius 3 is 2.48 bits per heavy atom. The van der Waals surface area contributed by atoms with Gasteiger partial charge in [-0.25, -0.2) is 0 Å². The summed E-state index contributed by atoms with van der Waals surface area (Å²) in [4.78, 5) is 15.7. The van der Waals surface area contributed by atoms with Gasteiger partial charge in [-0.2, -0.15) is 18.2 Å². The molecule has 146 valence electrons. The standard InChI is InChI=1S/C18H20F3N3O3/c1-10(2)14(22-16(25)13-4-3-9-26-13)11-5-7-12(8-6-11)15-23-17(27-24-15)18(19,20)21/h5-8,10,13-14H,3-4,9H2,1-2H3,(H,22,25). The number of hydrogen-bond donors (Lipinski definition) is 1. The highest BCUT2D eigenvalue weighted by Crippen LogP contribution is 2.30. The number of ether oxygens (including phenoxy) is 1. The van der Waals surface area contributed by atoms with Gasteiger partial charge in [0, 0.05) is 12.2 Å². The van der Waals surface area contributed by atoms with E-state index in [1.165, 1.54) is 0 Å². The molecule has 1 aromatic carbocycles. The van der Waals surface area contributed by atoms with Gasteiger partial charge in [0.2, 0.25) is 11.7 Å². The number of hydrogen-bond acceptors (Lipinski definition) is 5. The van der Waals surface area contributed by atoms with Crippen molar-refractivity contribution >= 4 is 5.91 Å². The molecule has 0 spiro atoms. The van der Waals surface area contributed by atoms with Crippen LogP contribution in [0, 0.1) is 5.92 Å². The van der Waals surface area contributed by atoms with Crippen molar-refractivity contribution in [2.45, 2.75) is 45.0 Å². The lowest BCUT2D eigenvalue weighted by Crippen LogP contribution is -2.38. The lowest BCUT2D eigenvalue weighted by atomic mass is 9.94. The average molecular weight is 383 g/mol. The second-order valence-corrected chi connectivity index (χ2v) is 6.77. The van der Waals surface area contributed by atoms with Crippen molar-refractivity contribution in [3.63, 3.8) is 0 Å². The minimum Gasteiger partial charge on any atom is -0.368 e. The van der Waals surface area contributed by atoms with Crippen LogP contribution < -0.4 is 5.32 Å². The van der Waals surface area contributed by atoms with Crippen LogP contribution in [0.5, 0.6) is 0 Å². The van der Waals surface area contributed by atoms with Crippen LogP contribution in [0.25, 0.3) is 11.4 Å². The van der Waals surface area contributed by atoms with Crippen molar-refractivity contribution in [1.29, 1.82) is 0 Å². The van der Waals surface area contributed by atoms with E-state index in [1.807, 2.05) is 13.8 Å². The molecule has 1 aliphatic rings. The van der Waals surface area contributed by atoms with Crippen LogP contribution in [0.1, 0.15) is 44.2 Å². The average Bonchev–Trinajstić information content (AvgIpc) is 3.30. The predicted molar refractivity (Wildman–Crippen MR) is 89.4 cm³/mol. The van der Waals surface area contributed by atoms with Gasteiger partial charge in [-0.15, -0.1) is 0 Å². The van der Waals surface area contributed by atoms with Gasteiger partial charge in [-0.05, 0) is 24.3 Å². The van der Waals surface area contributed by atoms with E-state index in [0.29, 0.717) is 18.6 Å². The van der Waals surface area contributed by atoms with Crippen LogP contribution in [0.3, 0.4) is 0 Å². The molecule has 0 radical (unpaired) electrons. The molecule has 1 saturated heterocycles. The van der Waals surface area contributed by atoms with E-state index in [0.717, 1.165) is 12.0 Å². The summed E-state index contributed by atoms with van der Waals surface area (Å²) in [6.45, 7) is 4.54. The number of carbonyl (C=O) groups is 1. The number of aromatic nitrogens is 2. The van der Waals surface area contributed by atoms with E-state index >= 15 is 0 Å². The molecule has 1 amide bonds. The molecule has 2 aromatic rings. The van der Waals surface area contributed by atoms with Crippen molar-refractivity contribution in [2.24, 2.45) is 5.92 Å². The Hall–Kier alpha value is -2.42. The second kappa shape index (κ2) is 7.67. The van der Waals surface area contributed by atoms with Crippen molar-refractivity contribution in [3.8, 4) is 11.4 Å². The smallest absolute Gasteiger partial charge is 0.368 e. The van der Waals surface area contributed by atoms with Crippen molar-refractivity contribution in [3.05, 3.63) is 35.7 Å². The zero-order valence-corrected chi connectivity index (χ0v) is 14.9. The molecule has 0 aliphatic carbocycles. The van der Waals surface area contributed by atoms with Crippen molar-refractivity contribution in [1.82, 2.24) is 15.5 Å². The highest BCUT2D eigenvalue weighted by Gasteiger charge is 2.38. The molecular formula is C18H20F3N3O3. The monoisotopic (exact) mass is 383 g/mol. The first-order chi connectivity index (χ1) is 12.8. The first-order valence-corrected chi connectivity index (χ1v) is 8.69. The molecule has 2 atom stereocenters. The molecule has 27 heavy (non-hydrogen) atoms. The van der Waals surface area contributed by atoms with E-state index in [2.05, 4.69) is 20.0 Å². The van der Waals surface area contributed by atoms with E-state index in [-0.39, 0.29) is 23.7 Å². The topological polar surface area (TPSA) is 77.2 Å². The zero-order valence-electron chi connectivity index (χ0n) is 14.9. The normalized spacial score (nSPS) is 18.7. The molecule has 9 heteroatoms. The third-order valence-corrected chi connectivity index (χ3v) is 4.38. The molecule has 1 aromatic heterocycles. The number of rotatable bonds is 5. The van der Waals surface area contributed by atoms with Gasteiger partial charge < -0.3 is 14.6 Å². The molecule has 1 N–H and O–H groups in total. The summed E-state index contributed by atoms with van der Waals surface area (Å²) in [5.74, 6) is -1.56. The maximum absolute atomic E-state index is 12.6. The Kier molecular flexibility index (Phi) is 5.50. The van der Waals surface area contributed by atoms with Gasteiger partial charge in [0.05, 0.1) is 6.04 Å². The SMILES string of the molecule is CC(C)C(NC(=O)C1CCCO1)c1ccc(-c2noc(C(F)(F)F)n2)cc1. The number of alkyl halides is 3. The molecule has 3 rings (SSSR count). The van der Waals surface area contributed by atoms with Gasteiger partial charge in [0.1, 0.15) is 6.10 Å². The lowest BCUT2D eigenvalue weighted by Gasteiger charge is -2.24. The summed E-state index contributed by atoms with van der Waals surface area (Å²) in [5.41, 5.74) is 1.23. The Morgan fingerprint density at radius 2 is 1.96 bits per heavy atom. The summed E-state index contributed by atoms with van der Waals surface area (Å²) >= 11 is 0. The number of nitrogens with zero attached hydrogens (tertiary/aromatic N) is 2. The number of carbonyl (C=O) groups excluding carboxylic acids is 1. The van der Waals surface area contributed by atoms with E-state index < -0.39 is 18.2 Å². The largest absolute Gasteiger partial charge is 0.471 e. The Balaban J connectivity index is 1.75. The van der Waals surface area contributed by atoms with Crippen molar-refractivity contribution < 1.29 is 27.2 Å². The number of halogens is 3. The number of amides is 1. The van der Waals surface area contributed by atoms with E-state index in [4.69, 9.17) is 4.74 Å². The predicted octanol–water partition coefficient (Wildman–Crippen LogP) is 3.75. The highest BCUT2D eigenvalue weighted by atomic mass is 19.4. The first kappa shape index (κ1) is 19.3. The molecular weight excluding hydrogens is 363 g/mol. The molecule has 0 bridgehead atoms. The molecule has 1 fully saturated rings. The highest BCUT2D eigenvalue weighted by molar-refractivity contribution is 5.81. The van der Waals surface area contributed by atoms with Crippen LogP contribution in [0.4, 0.5) is 13.2 Å². The maximum atomic E-state index is 12.6. The summed E-state index contributed by atoms with van der Waals surface area (Å²) < 4.78 is 47.4. The Morgan fingerprint density at radius 1 is 1.26 bits per heavy atom. The van der Waals surface area contributed by atoms with Gasteiger partial charge in [-0.3, -0.25) is 4.79 Å². The Bertz CT molecular complexity index is 781. The van der Waals surface area contributed by atoms with Crippen molar-refractivity contribution in [2.75, 3.05) is 6.61 Å². The first-order valence-electron chi connectivity index (χ1n) is 8.69. The molecule has 0 saturated carbocycles. The summed E-state index contributed by atoms with van der Waals surface area (Å²) in [6.07, 6.45) is -3.54. The quantitative estimate of drug-likeness (QED) is 0.851. The van der Waals surface area contributed by atoms with Crippen LogP contribution in [-0.2, 0) is 15.7 Å². The fourth-order valence-electron chi connectivity index (χ4n) is 2.96.